The lowest BCUT2D eigenvalue weighted by Crippen LogP contribution is -2.06. The average Bonchev–Trinajstić information content (AvgIpc) is 2.64. The molecule has 0 bridgehead atoms. The highest BCUT2D eigenvalue weighted by Gasteiger charge is 2.04. The molecule has 0 amide bonds. The molecule has 0 heterocycles. The Kier molecular flexibility index (Phi) is 7.33. The third-order valence-electron chi connectivity index (χ3n) is 3.67. The van der Waals surface area contributed by atoms with E-state index in [4.69, 9.17) is 0 Å². The van der Waals surface area contributed by atoms with Crippen molar-refractivity contribution in [2.75, 3.05) is 0 Å². The van der Waals surface area contributed by atoms with Gasteiger partial charge in [-0.15, -0.1) is 0 Å². The van der Waals surface area contributed by atoms with Crippen molar-refractivity contribution in [2.24, 2.45) is 0 Å². The minimum absolute atomic E-state index is 0.121. The minimum Gasteiger partial charge on any atom is -0.299 e. The lowest BCUT2D eigenvalue weighted by molar-refractivity contribution is -0.117. The second kappa shape index (κ2) is 9.99. The summed E-state index contributed by atoms with van der Waals surface area (Å²) in [6.45, 7) is 1.56. The summed E-state index contributed by atoms with van der Waals surface area (Å²) in [6.07, 6.45) is 1.05. The quantitative estimate of drug-likeness (QED) is 0.622. The van der Waals surface area contributed by atoms with Crippen LogP contribution in [0.1, 0.15) is 28.4 Å². The molecule has 0 aliphatic heterocycles. The molecule has 0 aliphatic carbocycles. The number of ketones is 2. The van der Waals surface area contributed by atoms with Gasteiger partial charge in [-0.2, -0.15) is 0 Å². The van der Waals surface area contributed by atoms with Gasteiger partial charge in [0, 0.05) is 18.4 Å². The van der Waals surface area contributed by atoms with E-state index >= 15 is 0 Å². The fourth-order valence-electron chi connectivity index (χ4n) is 2.38. The van der Waals surface area contributed by atoms with Gasteiger partial charge >= 0.3 is 0 Å². The largest absolute Gasteiger partial charge is 0.299 e. The molecule has 0 aliphatic rings. The molecule has 0 atom stereocenters. The Hall–Kier alpha value is -3.00. The van der Waals surface area contributed by atoms with Gasteiger partial charge in [0.05, 0.1) is 0 Å². The van der Waals surface area contributed by atoms with Gasteiger partial charge in [0.15, 0.2) is 5.78 Å². The van der Waals surface area contributed by atoms with E-state index in [1.165, 1.54) is 0 Å². The zero-order valence-electron chi connectivity index (χ0n) is 14.4. The van der Waals surface area contributed by atoms with Crippen LogP contribution in [0.2, 0.25) is 0 Å². The van der Waals surface area contributed by atoms with Crippen molar-refractivity contribution in [2.45, 2.75) is 19.8 Å². The Morgan fingerprint density at radius 1 is 0.600 bits per heavy atom. The highest BCUT2D eigenvalue weighted by atomic mass is 16.1. The Balaban J connectivity index is 0.000000212. The molecule has 0 saturated heterocycles. The topological polar surface area (TPSA) is 34.1 Å². The maximum absolute atomic E-state index is 11.8. The Morgan fingerprint density at radius 3 is 1.28 bits per heavy atom. The predicted octanol–water partition coefficient (Wildman–Crippen LogP) is 4.93. The van der Waals surface area contributed by atoms with Crippen molar-refractivity contribution in [3.8, 4) is 0 Å². The first kappa shape index (κ1) is 18.3. The van der Waals surface area contributed by atoms with Crippen molar-refractivity contribution >= 4 is 11.6 Å². The van der Waals surface area contributed by atoms with Crippen LogP contribution in [-0.4, -0.2) is 11.6 Å². The van der Waals surface area contributed by atoms with Crippen molar-refractivity contribution in [1.82, 2.24) is 0 Å². The van der Waals surface area contributed by atoms with Crippen molar-refractivity contribution in [1.29, 1.82) is 0 Å². The molecule has 2 heteroatoms. The number of rotatable bonds is 5. The summed E-state index contributed by atoms with van der Waals surface area (Å²) in [5.41, 5.74) is 2.95. The molecule has 0 saturated carbocycles. The fraction of sp³-hybridized carbons (Fsp3) is 0.130. The molecule has 0 aromatic heterocycles. The summed E-state index contributed by atoms with van der Waals surface area (Å²) in [5.74, 6) is 0.382. The van der Waals surface area contributed by atoms with Gasteiger partial charge in [-0.05, 0) is 18.1 Å². The summed E-state index contributed by atoms with van der Waals surface area (Å²) in [5, 5.41) is 0. The van der Waals surface area contributed by atoms with Crippen molar-refractivity contribution in [3.05, 3.63) is 108 Å². The maximum atomic E-state index is 11.8. The second-order valence-electron chi connectivity index (χ2n) is 5.79. The highest BCUT2D eigenvalue weighted by Crippen LogP contribution is 2.05. The zero-order chi connectivity index (χ0) is 17.9. The summed E-state index contributed by atoms with van der Waals surface area (Å²) in [6, 6.07) is 29.0. The number of benzene rings is 3. The third kappa shape index (κ3) is 6.96. The van der Waals surface area contributed by atoms with Crippen LogP contribution in [0, 0.1) is 0 Å². The average molecular weight is 330 g/mol. The minimum atomic E-state index is 0.121. The normalized spacial score (nSPS) is 9.64. The van der Waals surface area contributed by atoms with E-state index in [1.807, 2.05) is 91.0 Å². The Labute approximate surface area is 149 Å². The predicted molar refractivity (Wildman–Crippen MR) is 102 cm³/mol. The first-order valence-electron chi connectivity index (χ1n) is 8.30. The van der Waals surface area contributed by atoms with E-state index < -0.39 is 0 Å². The van der Waals surface area contributed by atoms with Gasteiger partial charge in [0.25, 0.3) is 0 Å². The van der Waals surface area contributed by atoms with Gasteiger partial charge in [-0.3, -0.25) is 9.59 Å². The zero-order valence-corrected chi connectivity index (χ0v) is 14.4. The molecule has 3 rings (SSSR count). The van der Waals surface area contributed by atoms with Gasteiger partial charge < -0.3 is 0 Å². The molecular weight excluding hydrogens is 308 g/mol. The Morgan fingerprint density at radius 2 is 0.960 bits per heavy atom. The molecule has 3 aromatic carbocycles. The number of hydrogen-bond acceptors (Lipinski definition) is 2. The molecular formula is C23H22O2. The van der Waals surface area contributed by atoms with E-state index in [0.717, 1.165) is 16.7 Å². The monoisotopic (exact) mass is 330 g/mol. The van der Waals surface area contributed by atoms with Crippen LogP contribution in [0.25, 0.3) is 0 Å². The van der Waals surface area contributed by atoms with Crippen LogP contribution in [-0.2, 0) is 17.6 Å². The standard InChI is InChI=1S/C15H14O.C8H8O/c16-15(11-13-7-3-1-4-8-13)12-14-9-5-2-6-10-14;1-7(9)8-5-3-2-4-6-8/h1-10H,11-12H2;2-6H,1H3. The number of hydrogen-bond donors (Lipinski definition) is 0. The first-order chi connectivity index (χ1) is 12.1. The van der Waals surface area contributed by atoms with Gasteiger partial charge in [-0.1, -0.05) is 91.0 Å². The van der Waals surface area contributed by atoms with Crippen LogP contribution >= 0.6 is 0 Å². The molecule has 0 fully saturated rings. The summed E-state index contributed by atoms with van der Waals surface area (Å²) < 4.78 is 0. The number of carbonyl (C=O) groups is 2. The van der Waals surface area contributed by atoms with Crippen LogP contribution in [0.4, 0.5) is 0 Å². The lowest BCUT2D eigenvalue weighted by atomic mass is 10.0. The van der Waals surface area contributed by atoms with E-state index in [2.05, 4.69) is 0 Å². The van der Waals surface area contributed by atoms with E-state index in [0.29, 0.717) is 12.8 Å². The first-order valence-corrected chi connectivity index (χ1v) is 8.30. The summed E-state index contributed by atoms with van der Waals surface area (Å²) in [4.78, 5) is 22.4. The van der Waals surface area contributed by atoms with Crippen LogP contribution in [0.3, 0.4) is 0 Å². The molecule has 0 radical (unpaired) electrons. The SMILES string of the molecule is CC(=O)c1ccccc1.O=C(Cc1ccccc1)Cc1ccccc1. The Bertz CT molecular complexity index is 735. The highest BCUT2D eigenvalue weighted by molar-refractivity contribution is 5.93. The van der Waals surface area contributed by atoms with Crippen molar-refractivity contribution in [3.63, 3.8) is 0 Å². The van der Waals surface area contributed by atoms with Gasteiger partial charge in [0.1, 0.15) is 5.78 Å². The molecule has 0 N–H and O–H groups in total. The van der Waals surface area contributed by atoms with Gasteiger partial charge in [0.2, 0.25) is 0 Å². The smallest absolute Gasteiger partial charge is 0.159 e. The van der Waals surface area contributed by atoms with E-state index in [1.54, 1.807) is 6.92 Å². The third-order valence-corrected chi connectivity index (χ3v) is 3.67. The van der Waals surface area contributed by atoms with Crippen LogP contribution < -0.4 is 0 Å². The molecule has 126 valence electrons. The van der Waals surface area contributed by atoms with E-state index in [9.17, 15) is 9.59 Å². The molecule has 2 nitrogen and oxygen atoms in total. The van der Waals surface area contributed by atoms with Crippen LogP contribution in [0.5, 0.6) is 0 Å². The maximum Gasteiger partial charge on any atom is 0.159 e. The second-order valence-corrected chi connectivity index (χ2v) is 5.79. The van der Waals surface area contributed by atoms with Crippen molar-refractivity contribution < 1.29 is 9.59 Å². The molecule has 0 unspecified atom stereocenters. The lowest BCUT2D eigenvalue weighted by Gasteiger charge is -2.01. The number of Topliss-reactive ketones (excluding diaryl/α,β-unsaturated/α-hetero) is 2. The summed E-state index contributed by atoms with van der Waals surface area (Å²) in [7, 11) is 0. The fourth-order valence-corrected chi connectivity index (χ4v) is 2.38. The number of carbonyl (C=O) groups excluding carboxylic acids is 2. The van der Waals surface area contributed by atoms with Crippen LogP contribution in [0.15, 0.2) is 91.0 Å². The van der Waals surface area contributed by atoms with E-state index in [-0.39, 0.29) is 11.6 Å². The molecule has 0 spiro atoms. The summed E-state index contributed by atoms with van der Waals surface area (Å²) >= 11 is 0. The molecule has 3 aromatic rings. The van der Waals surface area contributed by atoms with Gasteiger partial charge in [-0.25, -0.2) is 0 Å². The molecule has 25 heavy (non-hydrogen) atoms.